The lowest BCUT2D eigenvalue weighted by Gasteiger charge is -2.18. The highest BCUT2D eigenvalue weighted by molar-refractivity contribution is 7.91. The van der Waals surface area contributed by atoms with E-state index in [0.29, 0.717) is 11.9 Å². The molecule has 0 spiro atoms. The Hall–Kier alpha value is -2.26. The highest BCUT2D eigenvalue weighted by Gasteiger charge is 2.33. The normalized spacial score (nSPS) is 19.2. The minimum atomic E-state index is -3.16. The Bertz CT molecular complexity index is 993. The third kappa shape index (κ3) is 4.25. The van der Waals surface area contributed by atoms with Gasteiger partial charge < -0.3 is 14.6 Å². The number of aromatic nitrogens is 1. The van der Waals surface area contributed by atoms with E-state index in [-0.39, 0.29) is 29.5 Å². The number of aromatic hydroxyl groups is 1. The van der Waals surface area contributed by atoms with Gasteiger partial charge in [0.25, 0.3) is 5.91 Å². The molecule has 2 heterocycles. The molecule has 152 valence electrons. The van der Waals surface area contributed by atoms with Crippen LogP contribution in [0.3, 0.4) is 0 Å². The second-order valence-electron chi connectivity index (χ2n) is 7.01. The van der Waals surface area contributed by atoms with Crippen molar-refractivity contribution in [2.75, 3.05) is 31.1 Å². The largest absolute Gasteiger partial charge is 0.493 e. The van der Waals surface area contributed by atoms with Gasteiger partial charge in [0.15, 0.2) is 15.5 Å². The Labute approximate surface area is 164 Å². The highest BCUT2D eigenvalue weighted by Crippen LogP contribution is 2.39. The molecule has 3 rings (SSSR count). The summed E-state index contributed by atoms with van der Waals surface area (Å²) in [5.74, 6) is -1.41. The van der Waals surface area contributed by atoms with Crippen LogP contribution < -0.4 is 0 Å². The van der Waals surface area contributed by atoms with E-state index in [4.69, 9.17) is 0 Å². The maximum absolute atomic E-state index is 12.2. The Morgan fingerprint density at radius 3 is 2.64 bits per heavy atom. The Kier molecular flexibility index (Phi) is 6.14. The number of nitrogens with zero attached hydrogens (tertiary/aromatic N) is 4. The molecule has 1 aromatic carbocycles. The van der Waals surface area contributed by atoms with E-state index in [1.54, 1.807) is 4.57 Å². The number of carbonyl (C=O) groups is 1. The van der Waals surface area contributed by atoms with E-state index >= 15 is 0 Å². The fourth-order valence-corrected chi connectivity index (χ4v) is 5.28. The van der Waals surface area contributed by atoms with Gasteiger partial charge in [-0.3, -0.25) is 4.79 Å². The number of hydrogen-bond donors (Lipinski definition) is 1. The van der Waals surface area contributed by atoms with Crippen LogP contribution in [0.5, 0.6) is 5.88 Å². The molecule has 0 aliphatic carbocycles. The van der Waals surface area contributed by atoms with E-state index in [0.717, 1.165) is 25.2 Å². The lowest BCUT2D eigenvalue weighted by atomic mass is 10.1. The molecule has 1 fully saturated rings. The summed E-state index contributed by atoms with van der Waals surface area (Å²) in [5.41, 5.74) is 1.06. The lowest BCUT2D eigenvalue weighted by Crippen LogP contribution is -2.26. The zero-order valence-corrected chi connectivity index (χ0v) is 17.0. The molecular weight excluding hydrogens is 380 g/mol. The van der Waals surface area contributed by atoms with Crippen molar-refractivity contribution < 1.29 is 18.3 Å². The van der Waals surface area contributed by atoms with Gasteiger partial charge >= 0.3 is 0 Å². The molecule has 1 saturated heterocycles. The molecule has 1 aliphatic heterocycles. The van der Waals surface area contributed by atoms with Crippen molar-refractivity contribution in [3.8, 4) is 5.88 Å². The minimum Gasteiger partial charge on any atom is -0.493 e. The van der Waals surface area contributed by atoms with Crippen LogP contribution in [0.25, 0.3) is 10.9 Å². The van der Waals surface area contributed by atoms with Gasteiger partial charge in [0, 0.05) is 18.5 Å². The van der Waals surface area contributed by atoms with Crippen molar-refractivity contribution in [3.63, 3.8) is 0 Å². The smallest absolute Gasteiger partial charge is 0.268 e. The monoisotopic (exact) mass is 406 g/mol. The molecule has 1 amide bonds. The molecule has 1 atom stereocenters. The third-order valence-electron chi connectivity index (χ3n) is 5.28. The van der Waals surface area contributed by atoms with Crippen LogP contribution >= 0.6 is 0 Å². The number of hydrogen-bond acceptors (Lipinski definition) is 6. The summed E-state index contributed by atoms with van der Waals surface area (Å²) in [7, 11) is -3.16. The molecule has 0 radical (unpaired) electrons. The second-order valence-corrected chi connectivity index (χ2v) is 9.23. The fraction of sp³-hybridized carbons (Fsp3) is 0.526. The van der Waals surface area contributed by atoms with Crippen LogP contribution in [0.4, 0.5) is 5.69 Å². The maximum atomic E-state index is 12.2. The highest BCUT2D eigenvalue weighted by atomic mass is 32.2. The number of para-hydroxylation sites is 1. The average molecular weight is 407 g/mol. The van der Waals surface area contributed by atoms with Crippen LogP contribution in [0.15, 0.2) is 34.5 Å². The third-order valence-corrected chi connectivity index (χ3v) is 7.05. The van der Waals surface area contributed by atoms with E-state index in [1.165, 1.54) is 0 Å². The molecule has 1 aliphatic rings. The lowest BCUT2D eigenvalue weighted by molar-refractivity contribution is -0.121. The number of azo groups is 1. The number of carbonyl (C=O) groups excluding carboxylic acids is 1. The van der Waals surface area contributed by atoms with E-state index in [2.05, 4.69) is 29.0 Å². The summed E-state index contributed by atoms with van der Waals surface area (Å²) in [5, 5.41) is 19.2. The van der Waals surface area contributed by atoms with Gasteiger partial charge in [0.1, 0.15) is 0 Å². The Morgan fingerprint density at radius 2 is 2.00 bits per heavy atom. The standard InChI is InChI=1S/C19H26N4O4S/c1-3-22(4-2)10-11-23-16-8-6-5-7-15(16)17(19(23)25)20-21-18(24)14-9-12-28(26,27)13-14/h5-8,14,25H,3-4,9-13H2,1-2H3/t14-/m1/s1. The SMILES string of the molecule is CCN(CC)CCn1c(O)c(N=NC(=O)[C@@H]2CCS(=O)(=O)C2)c2ccccc21. The summed E-state index contributed by atoms with van der Waals surface area (Å²) in [6.45, 7) is 7.37. The minimum absolute atomic E-state index is 0.00877. The van der Waals surface area contributed by atoms with Gasteiger partial charge in [-0.15, -0.1) is 10.2 Å². The van der Waals surface area contributed by atoms with Gasteiger partial charge in [-0.2, -0.15) is 0 Å². The number of sulfone groups is 1. The van der Waals surface area contributed by atoms with Gasteiger partial charge in [-0.05, 0) is 25.6 Å². The topological polar surface area (TPSA) is 104 Å². The van der Waals surface area contributed by atoms with Crippen molar-refractivity contribution in [1.29, 1.82) is 0 Å². The maximum Gasteiger partial charge on any atom is 0.268 e. The first-order chi connectivity index (χ1) is 13.4. The van der Waals surface area contributed by atoms with Crippen molar-refractivity contribution in [2.24, 2.45) is 16.1 Å². The van der Waals surface area contributed by atoms with Crippen LogP contribution in [-0.2, 0) is 21.2 Å². The molecule has 9 heteroatoms. The van der Waals surface area contributed by atoms with Gasteiger partial charge in [-0.1, -0.05) is 32.0 Å². The average Bonchev–Trinajstić information content (AvgIpc) is 3.18. The van der Waals surface area contributed by atoms with Gasteiger partial charge in [0.05, 0.1) is 22.9 Å². The number of likely N-dealkylation sites (N-methyl/N-ethyl adjacent to an activating group) is 1. The van der Waals surface area contributed by atoms with E-state index in [9.17, 15) is 18.3 Å². The van der Waals surface area contributed by atoms with Crippen molar-refractivity contribution in [3.05, 3.63) is 24.3 Å². The quantitative estimate of drug-likeness (QED) is 0.712. The Morgan fingerprint density at radius 1 is 1.29 bits per heavy atom. The van der Waals surface area contributed by atoms with Crippen LogP contribution in [0.1, 0.15) is 20.3 Å². The summed E-state index contributed by atoms with van der Waals surface area (Å²) in [4.78, 5) is 14.5. The molecule has 8 nitrogen and oxygen atoms in total. The summed E-state index contributed by atoms with van der Waals surface area (Å²) in [6, 6.07) is 7.43. The summed E-state index contributed by atoms with van der Waals surface area (Å²) in [6.07, 6.45) is 0.276. The van der Waals surface area contributed by atoms with Gasteiger partial charge in [-0.25, -0.2) is 8.42 Å². The first kappa shape index (κ1) is 20.5. The molecule has 0 bridgehead atoms. The zero-order valence-electron chi connectivity index (χ0n) is 16.2. The van der Waals surface area contributed by atoms with Crippen molar-refractivity contribution in [1.82, 2.24) is 9.47 Å². The van der Waals surface area contributed by atoms with Crippen LogP contribution in [-0.4, -0.2) is 60.0 Å². The predicted octanol–water partition coefficient (Wildman–Crippen LogP) is 2.73. The van der Waals surface area contributed by atoms with E-state index < -0.39 is 21.7 Å². The predicted molar refractivity (Wildman–Crippen MR) is 108 cm³/mol. The first-order valence-electron chi connectivity index (χ1n) is 9.54. The van der Waals surface area contributed by atoms with Crippen LogP contribution in [0.2, 0.25) is 0 Å². The first-order valence-corrected chi connectivity index (χ1v) is 11.4. The molecular formula is C19H26N4O4S. The van der Waals surface area contributed by atoms with Gasteiger partial charge in [0.2, 0.25) is 5.88 Å². The van der Waals surface area contributed by atoms with Crippen molar-refractivity contribution in [2.45, 2.75) is 26.8 Å². The number of fused-ring (bicyclic) bond motifs is 1. The molecule has 1 aromatic heterocycles. The molecule has 0 saturated carbocycles. The molecule has 0 unspecified atom stereocenters. The van der Waals surface area contributed by atoms with Crippen LogP contribution in [0, 0.1) is 5.92 Å². The molecule has 1 N–H and O–H groups in total. The Balaban J connectivity index is 1.87. The molecule has 2 aromatic rings. The zero-order chi connectivity index (χ0) is 20.3. The van der Waals surface area contributed by atoms with E-state index in [1.807, 2.05) is 24.3 Å². The summed E-state index contributed by atoms with van der Waals surface area (Å²) >= 11 is 0. The van der Waals surface area contributed by atoms with Crippen molar-refractivity contribution >= 4 is 32.3 Å². The number of amides is 1. The second kappa shape index (κ2) is 8.40. The summed E-state index contributed by atoms with van der Waals surface area (Å²) < 4.78 is 24.9. The number of rotatable bonds is 7. The molecule has 28 heavy (non-hydrogen) atoms. The fourth-order valence-electron chi connectivity index (χ4n) is 3.55. The number of benzene rings is 1.